The molecule has 0 aliphatic carbocycles. The number of rotatable bonds is 11. The van der Waals surface area contributed by atoms with Crippen molar-refractivity contribution in [1.29, 1.82) is 0 Å². The maximum absolute atomic E-state index is 13.0. The molecule has 0 fully saturated rings. The number of para-hydroxylation sites is 1. The average Bonchev–Trinajstić information content (AvgIpc) is 3.71. The van der Waals surface area contributed by atoms with E-state index >= 15 is 0 Å². The van der Waals surface area contributed by atoms with Crippen LogP contribution in [0.2, 0.25) is 0 Å². The monoisotopic (exact) mass is 588 g/mol. The average molecular weight is 589 g/mol. The third-order valence-corrected chi connectivity index (χ3v) is 8.79. The molecule has 3 aromatic heterocycles. The van der Waals surface area contributed by atoms with Gasteiger partial charge >= 0.3 is 0 Å². The Kier molecular flexibility index (Phi) is 8.78. The van der Waals surface area contributed by atoms with Crippen molar-refractivity contribution < 1.29 is 4.79 Å². The molecule has 0 atom stereocenters. The van der Waals surface area contributed by atoms with Gasteiger partial charge in [-0.3, -0.25) is 14.3 Å². The summed E-state index contributed by atoms with van der Waals surface area (Å²) in [5.74, 6) is 1.36. The highest BCUT2D eigenvalue weighted by molar-refractivity contribution is 7.98. The van der Waals surface area contributed by atoms with Crippen LogP contribution in [-0.2, 0) is 5.75 Å². The zero-order valence-electron chi connectivity index (χ0n) is 22.7. The predicted octanol–water partition coefficient (Wildman–Crippen LogP) is 7.03. The molecule has 0 saturated heterocycles. The molecule has 42 heavy (non-hydrogen) atoms. The lowest BCUT2D eigenvalue weighted by Gasteiger charge is -2.18. The summed E-state index contributed by atoms with van der Waals surface area (Å²) in [5, 5.41) is 15.5. The molecule has 7 nitrogen and oxygen atoms in total. The normalized spacial score (nSPS) is 11.1. The van der Waals surface area contributed by atoms with Crippen molar-refractivity contribution in [1.82, 2.24) is 30.0 Å². The van der Waals surface area contributed by atoms with Crippen LogP contribution in [0.1, 0.15) is 39.0 Å². The van der Waals surface area contributed by atoms with E-state index in [1.807, 2.05) is 64.5 Å². The molecule has 0 radical (unpaired) electrons. The Bertz CT molecular complexity index is 1680. The topological polar surface area (TPSA) is 85.6 Å². The highest BCUT2D eigenvalue weighted by Crippen LogP contribution is 2.30. The number of hydrogen-bond donors (Lipinski definition) is 1. The number of thioether (sulfide) groups is 1. The number of hydrogen-bond acceptors (Lipinski definition) is 7. The first kappa shape index (κ1) is 27.6. The molecule has 6 rings (SSSR count). The van der Waals surface area contributed by atoms with E-state index in [1.165, 1.54) is 22.5 Å². The maximum atomic E-state index is 13.0. The number of benzene rings is 3. The number of aromatic nitrogens is 5. The first-order valence-electron chi connectivity index (χ1n) is 13.6. The van der Waals surface area contributed by atoms with Crippen molar-refractivity contribution >= 4 is 29.0 Å². The van der Waals surface area contributed by atoms with Gasteiger partial charge in [0.2, 0.25) is 0 Å². The molecular formula is C33H28N6OS2. The van der Waals surface area contributed by atoms with Crippen molar-refractivity contribution in [3.8, 4) is 17.1 Å². The van der Waals surface area contributed by atoms with E-state index in [0.717, 1.165) is 33.7 Å². The van der Waals surface area contributed by atoms with Crippen LogP contribution in [0.4, 0.5) is 0 Å². The number of amides is 1. The third kappa shape index (κ3) is 6.48. The lowest BCUT2D eigenvalue weighted by atomic mass is 9.88. The molecular weight excluding hydrogens is 561 g/mol. The Labute approximate surface area is 252 Å². The summed E-state index contributed by atoms with van der Waals surface area (Å²) >= 11 is 3.02. The first-order chi connectivity index (χ1) is 20.8. The molecule has 6 aromatic rings. The van der Waals surface area contributed by atoms with Crippen LogP contribution in [0.25, 0.3) is 17.1 Å². The summed E-state index contributed by atoms with van der Waals surface area (Å²) in [5.41, 5.74) is 4.82. The predicted molar refractivity (Wildman–Crippen MR) is 168 cm³/mol. The first-order valence-corrected chi connectivity index (χ1v) is 15.5. The van der Waals surface area contributed by atoms with Crippen LogP contribution < -0.4 is 5.32 Å². The molecule has 1 N–H and O–H groups in total. The van der Waals surface area contributed by atoms with Crippen molar-refractivity contribution in [3.05, 3.63) is 143 Å². The van der Waals surface area contributed by atoms with Gasteiger partial charge in [-0.1, -0.05) is 90.6 Å². The molecule has 9 heteroatoms. The summed E-state index contributed by atoms with van der Waals surface area (Å²) in [7, 11) is 0. The largest absolute Gasteiger partial charge is 0.351 e. The Balaban J connectivity index is 1.11. The minimum atomic E-state index is -0.158. The Morgan fingerprint density at radius 1 is 0.833 bits per heavy atom. The minimum absolute atomic E-state index is 0.158. The number of nitrogens with one attached hydrogen (secondary N) is 1. The van der Waals surface area contributed by atoms with Crippen LogP contribution in [0, 0.1) is 0 Å². The highest BCUT2D eigenvalue weighted by Gasteiger charge is 2.18. The summed E-state index contributed by atoms with van der Waals surface area (Å²) in [6.45, 7) is 0.548. The second-order valence-electron chi connectivity index (χ2n) is 9.55. The van der Waals surface area contributed by atoms with Crippen LogP contribution in [0.3, 0.4) is 0 Å². The van der Waals surface area contributed by atoms with Gasteiger partial charge in [0, 0.05) is 41.5 Å². The van der Waals surface area contributed by atoms with E-state index in [2.05, 4.69) is 74.0 Å². The summed E-state index contributed by atoms with van der Waals surface area (Å²) < 4.78 is 2.04. The van der Waals surface area contributed by atoms with E-state index in [4.69, 9.17) is 0 Å². The summed E-state index contributed by atoms with van der Waals surface area (Å²) in [6.07, 6.45) is 4.29. The number of nitrogens with zero attached hydrogens (tertiary/aromatic N) is 5. The molecule has 0 aliphatic heterocycles. The fourth-order valence-electron chi connectivity index (χ4n) is 4.79. The highest BCUT2D eigenvalue weighted by atomic mass is 32.2. The smallest absolute Gasteiger partial charge is 0.270 e. The van der Waals surface area contributed by atoms with E-state index in [1.54, 1.807) is 24.2 Å². The van der Waals surface area contributed by atoms with E-state index in [-0.39, 0.29) is 11.8 Å². The second kappa shape index (κ2) is 13.4. The summed E-state index contributed by atoms with van der Waals surface area (Å²) in [4.78, 5) is 21.7. The fourth-order valence-corrected chi connectivity index (χ4v) is 6.53. The van der Waals surface area contributed by atoms with E-state index < -0.39 is 0 Å². The molecule has 208 valence electrons. The van der Waals surface area contributed by atoms with Gasteiger partial charge in [-0.25, -0.2) is 4.98 Å². The van der Waals surface area contributed by atoms with Gasteiger partial charge in [0.15, 0.2) is 11.0 Å². The Morgan fingerprint density at radius 2 is 1.48 bits per heavy atom. The third-order valence-electron chi connectivity index (χ3n) is 6.82. The SMILES string of the molecule is O=C(NCCC(c1ccccc1)c1ccccc1)c1csc(CSc2nnc(-c3ccncc3)n2-c2ccccc2)n1. The van der Waals surface area contributed by atoms with Gasteiger partial charge in [-0.2, -0.15) is 0 Å². The van der Waals surface area contributed by atoms with Crippen LogP contribution in [0.5, 0.6) is 0 Å². The number of carbonyl (C=O) groups is 1. The van der Waals surface area contributed by atoms with Crippen LogP contribution in [-0.4, -0.2) is 37.2 Å². The molecule has 0 bridgehead atoms. The molecule has 3 aromatic carbocycles. The van der Waals surface area contributed by atoms with Crippen LogP contribution in [0.15, 0.2) is 126 Å². The quantitative estimate of drug-likeness (QED) is 0.164. The maximum Gasteiger partial charge on any atom is 0.270 e. The molecule has 0 saturated carbocycles. The molecule has 0 aliphatic rings. The number of pyridine rings is 1. The van der Waals surface area contributed by atoms with Gasteiger partial charge in [0.1, 0.15) is 10.7 Å². The molecule has 1 amide bonds. The second-order valence-corrected chi connectivity index (χ2v) is 11.4. The van der Waals surface area contributed by atoms with Crippen molar-refractivity contribution in [2.75, 3.05) is 6.54 Å². The lowest BCUT2D eigenvalue weighted by Crippen LogP contribution is -2.26. The zero-order chi connectivity index (χ0) is 28.6. The Hall–Kier alpha value is -4.60. The van der Waals surface area contributed by atoms with E-state index in [9.17, 15) is 4.79 Å². The number of carbonyl (C=O) groups excluding carboxylic acids is 1. The lowest BCUT2D eigenvalue weighted by molar-refractivity contribution is 0.0948. The van der Waals surface area contributed by atoms with Crippen molar-refractivity contribution in [2.45, 2.75) is 23.2 Å². The molecule has 3 heterocycles. The molecule has 0 spiro atoms. The van der Waals surface area contributed by atoms with Crippen molar-refractivity contribution in [3.63, 3.8) is 0 Å². The van der Waals surface area contributed by atoms with Gasteiger partial charge < -0.3 is 5.32 Å². The minimum Gasteiger partial charge on any atom is -0.351 e. The van der Waals surface area contributed by atoms with E-state index in [0.29, 0.717) is 18.0 Å². The van der Waals surface area contributed by atoms with Crippen LogP contribution >= 0.6 is 23.1 Å². The van der Waals surface area contributed by atoms with Gasteiger partial charge in [-0.05, 0) is 41.8 Å². The van der Waals surface area contributed by atoms with Crippen molar-refractivity contribution in [2.24, 2.45) is 0 Å². The Morgan fingerprint density at radius 3 is 2.14 bits per heavy atom. The standard InChI is InChI=1S/C33H28N6OS2/c40-32(35-21-18-28(24-10-4-1-5-11-24)25-12-6-2-7-13-25)29-22-41-30(36-29)23-42-33-38-37-31(26-16-19-34-20-17-26)39(33)27-14-8-3-9-15-27/h1-17,19-20,22,28H,18,21,23H2,(H,35,40). The zero-order valence-corrected chi connectivity index (χ0v) is 24.3. The summed E-state index contributed by atoms with van der Waals surface area (Å²) in [6, 6.07) is 34.7. The van der Waals surface area contributed by atoms with Gasteiger partial charge in [0.25, 0.3) is 5.91 Å². The number of thiazole rings is 1. The van der Waals surface area contributed by atoms with Gasteiger partial charge in [-0.15, -0.1) is 21.5 Å². The fraction of sp³-hybridized carbons (Fsp3) is 0.121. The molecule has 0 unspecified atom stereocenters. The van der Waals surface area contributed by atoms with Gasteiger partial charge in [0.05, 0.1) is 5.75 Å².